The Bertz CT molecular complexity index is 1240. The fourth-order valence-electron chi connectivity index (χ4n) is 3.05. The number of hydrogen-bond donors (Lipinski definition) is 2. The van der Waals surface area contributed by atoms with E-state index in [2.05, 4.69) is 20.6 Å². The van der Waals surface area contributed by atoms with Crippen LogP contribution in [0.3, 0.4) is 0 Å². The van der Waals surface area contributed by atoms with E-state index in [0.29, 0.717) is 17.2 Å². The van der Waals surface area contributed by atoms with E-state index in [4.69, 9.17) is 0 Å². The number of fused-ring (bicyclic) bond motifs is 1. The molecule has 2 aromatic carbocycles. The number of thioether (sulfide) groups is 1. The zero-order valence-corrected chi connectivity index (χ0v) is 17.0. The number of hydrogen-bond acceptors (Lipinski definition) is 4. The fourth-order valence-corrected chi connectivity index (χ4v) is 3.59. The van der Waals surface area contributed by atoms with Crippen LogP contribution in [0.5, 0.6) is 0 Å². The quantitative estimate of drug-likeness (QED) is 0.382. The number of alkyl halides is 3. The van der Waals surface area contributed by atoms with Crippen molar-refractivity contribution < 1.29 is 18.0 Å². The predicted molar refractivity (Wildman–Crippen MR) is 114 cm³/mol. The Labute approximate surface area is 179 Å². The molecule has 158 valence electrons. The molecule has 0 saturated carbocycles. The molecular weight excluding hydrogens is 427 g/mol. The molecule has 2 amide bonds. The number of carbonyl (C=O) groups excluding carboxylic acids is 1. The molecule has 0 bridgehead atoms. The van der Waals surface area contributed by atoms with E-state index in [1.807, 2.05) is 29.7 Å². The summed E-state index contributed by atoms with van der Waals surface area (Å²) < 4.78 is 39.1. The Morgan fingerprint density at radius 2 is 1.77 bits per heavy atom. The summed E-state index contributed by atoms with van der Waals surface area (Å²) in [6.45, 7) is 1.94. The second-order valence-corrected chi connectivity index (χ2v) is 7.71. The number of nitrogens with zero attached hydrogens (tertiary/aromatic N) is 3. The van der Waals surface area contributed by atoms with Gasteiger partial charge in [-0.25, -0.2) is 14.8 Å². The highest BCUT2D eigenvalue weighted by Crippen LogP contribution is 2.37. The number of urea groups is 1. The molecule has 4 aromatic rings. The van der Waals surface area contributed by atoms with Crippen molar-refractivity contribution in [1.29, 1.82) is 0 Å². The normalized spacial score (nSPS) is 11.5. The van der Waals surface area contributed by atoms with Crippen molar-refractivity contribution in [3.8, 4) is 11.3 Å². The number of benzene rings is 2. The molecule has 0 unspecified atom stereocenters. The summed E-state index contributed by atoms with van der Waals surface area (Å²) in [6, 6.07) is 13.9. The Morgan fingerprint density at radius 1 is 1.03 bits per heavy atom. The molecule has 0 radical (unpaired) electrons. The standard InChI is InChI=1S/C21H16F3N5OS/c1-13-18(28-19-25-10-3-11-29(13)19)14-4-2-5-16(12-14)27-20(30)26-15-6-8-17(9-7-15)31-21(22,23)24/h2-12H,1H3,(H2,26,27,30). The number of carbonyl (C=O) groups is 1. The second-order valence-electron chi connectivity index (χ2n) is 6.57. The lowest BCUT2D eigenvalue weighted by Gasteiger charge is -2.10. The molecule has 0 fully saturated rings. The highest BCUT2D eigenvalue weighted by Gasteiger charge is 2.29. The van der Waals surface area contributed by atoms with Crippen LogP contribution in [0.1, 0.15) is 5.69 Å². The first-order chi connectivity index (χ1) is 14.8. The first kappa shape index (κ1) is 20.7. The molecule has 0 aliphatic carbocycles. The minimum Gasteiger partial charge on any atom is -0.308 e. The zero-order chi connectivity index (χ0) is 22.0. The SMILES string of the molecule is Cc1c(-c2cccc(NC(=O)Nc3ccc(SC(F)(F)F)cc3)c2)nc2ncccn12. The van der Waals surface area contributed by atoms with Crippen molar-refractivity contribution in [2.45, 2.75) is 17.3 Å². The Hall–Kier alpha value is -3.53. The Kier molecular flexibility index (Phi) is 5.55. The first-order valence-electron chi connectivity index (χ1n) is 9.12. The smallest absolute Gasteiger partial charge is 0.308 e. The van der Waals surface area contributed by atoms with Crippen LogP contribution in [-0.4, -0.2) is 25.9 Å². The number of rotatable bonds is 4. The largest absolute Gasteiger partial charge is 0.446 e. The topological polar surface area (TPSA) is 71.3 Å². The van der Waals surface area contributed by atoms with E-state index in [0.717, 1.165) is 17.0 Å². The van der Waals surface area contributed by atoms with Gasteiger partial charge in [-0.05, 0) is 61.2 Å². The number of amides is 2. The molecule has 10 heteroatoms. The van der Waals surface area contributed by atoms with Gasteiger partial charge >= 0.3 is 11.5 Å². The van der Waals surface area contributed by atoms with E-state index in [1.165, 1.54) is 24.3 Å². The maximum Gasteiger partial charge on any atom is 0.446 e. The molecular formula is C21H16F3N5OS. The van der Waals surface area contributed by atoms with Crippen LogP contribution in [0.25, 0.3) is 17.0 Å². The summed E-state index contributed by atoms with van der Waals surface area (Å²) >= 11 is -0.207. The van der Waals surface area contributed by atoms with Gasteiger partial charge in [0, 0.05) is 39.9 Å². The van der Waals surface area contributed by atoms with Crippen molar-refractivity contribution >= 4 is 34.9 Å². The van der Waals surface area contributed by atoms with Gasteiger partial charge in [0.1, 0.15) is 0 Å². The molecule has 0 aliphatic heterocycles. The lowest BCUT2D eigenvalue weighted by atomic mass is 10.1. The van der Waals surface area contributed by atoms with Gasteiger partial charge in [0.15, 0.2) is 0 Å². The molecule has 6 nitrogen and oxygen atoms in total. The van der Waals surface area contributed by atoms with E-state index >= 15 is 0 Å². The molecule has 2 heterocycles. The number of anilines is 2. The van der Waals surface area contributed by atoms with Gasteiger partial charge in [-0.3, -0.25) is 4.40 Å². The minimum absolute atomic E-state index is 0.0449. The van der Waals surface area contributed by atoms with Crippen molar-refractivity contribution in [2.75, 3.05) is 10.6 Å². The summed E-state index contributed by atoms with van der Waals surface area (Å²) in [6.07, 6.45) is 3.55. The van der Waals surface area contributed by atoms with Gasteiger partial charge in [-0.1, -0.05) is 12.1 Å². The summed E-state index contributed by atoms with van der Waals surface area (Å²) in [4.78, 5) is 21.1. The van der Waals surface area contributed by atoms with Crippen LogP contribution < -0.4 is 10.6 Å². The second kappa shape index (κ2) is 8.31. The number of halogens is 3. The van der Waals surface area contributed by atoms with E-state index < -0.39 is 11.5 Å². The zero-order valence-electron chi connectivity index (χ0n) is 16.1. The number of nitrogens with one attached hydrogen (secondary N) is 2. The molecule has 2 N–H and O–H groups in total. The number of aromatic nitrogens is 3. The van der Waals surface area contributed by atoms with Crippen LogP contribution in [0.2, 0.25) is 0 Å². The Balaban J connectivity index is 1.46. The van der Waals surface area contributed by atoms with E-state index in [-0.39, 0.29) is 16.7 Å². The minimum atomic E-state index is -4.35. The third-order valence-corrected chi connectivity index (χ3v) is 5.12. The van der Waals surface area contributed by atoms with Gasteiger partial charge in [-0.15, -0.1) is 0 Å². The lowest BCUT2D eigenvalue weighted by Crippen LogP contribution is -2.19. The average molecular weight is 443 g/mol. The molecule has 4 rings (SSSR count). The summed E-state index contributed by atoms with van der Waals surface area (Å²) in [7, 11) is 0. The van der Waals surface area contributed by atoms with Crippen molar-refractivity contribution in [2.24, 2.45) is 0 Å². The average Bonchev–Trinajstić information content (AvgIpc) is 3.05. The van der Waals surface area contributed by atoms with E-state index in [1.54, 1.807) is 24.4 Å². The summed E-state index contributed by atoms with van der Waals surface area (Å²) in [5.41, 5.74) is -0.949. The van der Waals surface area contributed by atoms with Gasteiger partial charge < -0.3 is 10.6 Å². The highest BCUT2D eigenvalue weighted by atomic mass is 32.2. The summed E-state index contributed by atoms with van der Waals surface area (Å²) in [5, 5.41) is 5.32. The van der Waals surface area contributed by atoms with Crippen LogP contribution in [0.15, 0.2) is 71.9 Å². The van der Waals surface area contributed by atoms with Crippen LogP contribution in [-0.2, 0) is 0 Å². The molecule has 0 atom stereocenters. The van der Waals surface area contributed by atoms with Gasteiger partial charge in [0.05, 0.1) is 5.69 Å². The van der Waals surface area contributed by atoms with E-state index in [9.17, 15) is 18.0 Å². The molecule has 2 aromatic heterocycles. The van der Waals surface area contributed by atoms with Gasteiger partial charge in [-0.2, -0.15) is 13.2 Å². The fraction of sp³-hybridized carbons (Fsp3) is 0.0952. The number of imidazole rings is 1. The summed E-state index contributed by atoms with van der Waals surface area (Å²) in [5.74, 6) is 0.582. The highest BCUT2D eigenvalue weighted by molar-refractivity contribution is 8.00. The maximum atomic E-state index is 12.4. The van der Waals surface area contributed by atoms with Crippen molar-refractivity contribution in [3.05, 3.63) is 72.7 Å². The monoisotopic (exact) mass is 443 g/mol. The molecule has 31 heavy (non-hydrogen) atoms. The van der Waals surface area contributed by atoms with Crippen molar-refractivity contribution in [3.63, 3.8) is 0 Å². The third-order valence-electron chi connectivity index (χ3n) is 4.38. The van der Waals surface area contributed by atoms with Crippen LogP contribution in [0.4, 0.5) is 29.3 Å². The number of aryl methyl sites for hydroxylation is 1. The molecule has 0 aliphatic rings. The van der Waals surface area contributed by atoms with Crippen LogP contribution in [0, 0.1) is 6.92 Å². The van der Waals surface area contributed by atoms with Gasteiger partial charge in [0.25, 0.3) is 0 Å². The molecule has 0 spiro atoms. The van der Waals surface area contributed by atoms with Crippen LogP contribution >= 0.6 is 11.8 Å². The first-order valence-corrected chi connectivity index (χ1v) is 9.94. The van der Waals surface area contributed by atoms with Gasteiger partial charge in [0.2, 0.25) is 5.78 Å². The van der Waals surface area contributed by atoms with Crippen molar-refractivity contribution in [1.82, 2.24) is 14.4 Å². The predicted octanol–water partition coefficient (Wildman–Crippen LogP) is 5.96. The maximum absolute atomic E-state index is 12.4. The lowest BCUT2D eigenvalue weighted by molar-refractivity contribution is -0.0328. The molecule has 0 saturated heterocycles. The Morgan fingerprint density at radius 3 is 2.48 bits per heavy atom. The third kappa shape index (κ3) is 4.97.